The number of anilines is 1. The predicted octanol–water partition coefficient (Wildman–Crippen LogP) is 1.20. The van der Waals surface area contributed by atoms with Crippen molar-refractivity contribution in [2.75, 3.05) is 5.32 Å². The molecule has 0 spiro atoms. The van der Waals surface area contributed by atoms with Crippen molar-refractivity contribution in [3.8, 4) is 0 Å². The first kappa shape index (κ1) is 16.1. The largest absolute Gasteiger partial charge is 0.393 e. The number of rotatable bonds is 5. The van der Waals surface area contributed by atoms with E-state index in [9.17, 15) is 13.2 Å². The van der Waals surface area contributed by atoms with E-state index in [1.807, 2.05) is 0 Å². The average Bonchev–Trinajstić information content (AvgIpc) is 2.27. The number of halogens is 1. The van der Waals surface area contributed by atoms with Crippen LogP contribution < -0.4 is 10.5 Å². The molecule has 0 fully saturated rings. The fourth-order valence-electron chi connectivity index (χ4n) is 1.33. The standard InChI is InChI=1S/C11H15BrN2O4S/c1-7(15)2-5-11(16)14-10-4-3-8(6-9(10)12)19(13,17)18/h3-4,6-7,15H,2,5H2,1H3,(H,14,16)(H2,13,17,18). The number of aliphatic hydroxyl groups is 1. The van der Waals surface area contributed by atoms with Gasteiger partial charge in [0.25, 0.3) is 0 Å². The molecule has 1 aromatic rings. The fourth-order valence-corrected chi connectivity index (χ4v) is 2.50. The molecule has 1 unspecified atom stereocenters. The first-order valence-electron chi connectivity index (χ1n) is 5.50. The minimum atomic E-state index is -3.77. The summed E-state index contributed by atoms with van der Waals surface area (Å²) in [4.78, 5) is 11.5. The van der Waals surface area contributed by atoms with Gasteiger partial charge in [-0.3, -0.25) is 4.79 Å². The Bertz CT molecular complexity index is 572. The second-order valence-electron chi connectivity index (χ2n) is 4.12. The summed E-state index contributed by atoms with van der Waals surface area (Å²) >= 11 is 3.16. The number of carbonyl (C=O) groups excluding carboxylic acids is 1. The molecule has 8 heteroatoms. The number of amides is 1. The summed E-state index contributed by atoms with van der Waals surface area (Å²) in [5.41, 5.74) is 0.447. The summed E-state index contributed by atoms with van der Waals surface area (Å²) in [6.45, 7) is 1.60. The van der Waals surface area contributed by atoms with Crippen LogP contribution in [0.2, 0.25) is 0 Å². The number of primary sulfonamides is 1. The van der Waals surface area contributed by atoms with Gasteiger partial charge in [0.1, 0.15) is 0 Å². The van der Waals surface area contributed by atoms with Crippen molar-refractivity contribution in [1.82, 2.24) is 0 Å². The molecule has 0 heterocycles. The summed E-state index contributed by atoms with van der Waals surface area (Å²) in [5, 5.41) is 16.7. The highest BCUT2D eigenvalue weighted by Gasteiger charge is 2.12. The third kappa shape index (κ3) is 5.27. The van der Waals surface area contributed by atoms with Gasteiger partial charge in [-0.15, -0.1) is 0 Å². The lowest BCUT2D eigenvalue weighted by molar-refractivity contribution is -0.116. The van der Waals surface area contributed by atoms with Crippen LogP contribution in [0.4, 0.5) is 5.69 Å². The number of hydrogen-bond acceptors (Lipinski definition) is 4. The second-order valence-corrected chi connectivity index (χ2v) is 6.54. The maximum Gasteiger partial charge on any atom is 0.238 e. The molecular formula is C11H15BrN2O4S. The molecule has 0 saturated carbocycles. The average molecular weight is 351 g/mol. The van der Waals surface area contributed by atoms with Crippen LogP contribution >= 0.6 is 15.9 Å². The van der Waals surface area contributed by atoms with E-state index in [4.69, 9.17) is 10.2 Å². The van der Waals surface area contributed by atoms with E-state index in [1.165, 1.54) is 18.2 Å². The minimum absolute atomic E-state index is 0.0404. The molecule has 0 aliphatic rings. The molecule has 1 atom stereocenters. The van der Waals surface area contributed by atoms with Gasteiger partial charge in [0.2, 0.25) is 15.9 Å². The fraction of sp³-hybridized carbons (Fsp3) is 0.364. The normalized spacial score (nSPS) is 13.1. The van der Waals surface area contributed by atoms with Gasteiger partial charge in [-0.2, -0.15) is 0 Å². The molecule has 0 aromatic heterocycles. The Hall–Kier alpha value is -0.960. The minimum Gasteiger partial charge on any atom is -0.393 e. The predicted molar refractivity (Wildman–Crippen MR) is 75.1 cm³/mol. The van der Waals surface area contributed by atoms with Crippen LogP contribution in [-0.4, -0.2) is 25.5 Å². The maximum atomic E-state index is 11.6. The lowest BCUT2D eigenvalue weighted by Crippen LogP contribution is -2.15. The molecule has 106 valence electrons. The summed E-state index contributed by atoms with van der Waals surface area (Å²) in [7, 11) is -3.77. The zero-order valence-electron chi connectivity index (χ0n) is 10.3. The highest BCUT2D eigenvalue weighted by Crippen LogP contribution is 2.25. The molecule has 1 amide bonds. The zero-order chi connectivity index (χ0) is 14.6. The van der Waals surface area contributed by atoms with Crippen LogP contribution in [0, 0.1) is 0 Å². The Labute approximate surface area is 120 Å². The monoisotopic (exact) mass is 350 g/mol. The summed E-state index contributed by atoms with van der Waals surface area (Å²) in [6, 6.07) is 4.08. The smallest absolute Gasteiger partial charge is 0.238 e. The van der Waals surface area contributed by atoms with E-state index in [2.05, 4.69) is 21.2 Å². The quantitative estimate of drug-likeness (QED) is 0.740. The third-order valence-corrected chi connectivity index (χ3v) is 3.90. The van der Waals surface area contributed by atoms with Gasteiger partial charge >= 0.3 is 0 Å². The van der Waals surface area contributed by atoms with Crippen LogP contribution in [0.15, 0.2) is 27.6 Å². The highest BCUT2D eigenvalue weighted by molar-refractivity contribution is 9.10. The lowest BCUT2D eigenvalue weighted by Gasteiger charge is -2.09. The van der Waals surface area contributed by atoms with Gasteiger partial charge < -0.3 is 10.4 Å². The number of benzene rings is 1. The van der Waals surface area contributed by atoms with Gasteiger partial charge in [0.15, 0.2) is 0 Å². The maximum absolute atomic E-state index is 11.6. The van der Waals surface area contributed by atoms with Crippen molar-refractivity contribution >= 4 is 37.5 Å². The molecule has 0 saturated heterocycles. The van der Waals surface area contributed by atoms with Gasteiger partial charge in [0.05, 0.1) is 16.7 Å². The van der Waals surface area contributed by atoms with Crippen molar-refractivity contribution in [2.24, 2.45) is 5.14 Å². The topological polar surface area (TPSA) is 109 Å². The SMILES string of the molecule is CC(O)CCC(=O)Nc1ccc(S(N)(=O)=O)cc1Br. The lowest BCUT2D eigenvalue weighted by atomic mass is 10.2. The van der Waals surface area contributed by atoms with E-state index >= 15 is 0 Å². The van der Waals surface area contributed by atoms with Crippen LogP contribution in [0.1, 0.15) is 19.8 Å². The number of aliphatic hydroxyl groups excluding tert-OH is 1. The number of nitrogens with two attached hydrogens (primary N) is 1. The van der Waals surface area contributed by atoms with Gasteiger partial charge in [-0.25, -0.2) is 13.6 Å². The molecule has 1 rings (SSSR count). The number of sulfonamides is 1. The van der Waals surface area contributed by atoms with E-state index in [0.717, 1.165) is 0 Å². The van der Waals surface area contributed by atoms with Crippen molar-refractivity contribution in [3.63, 3.8) is 0 Å². The van der Waals surface area contributed by atoms with Gasteiger partial charge in [-0.1, -0.05) is 0 Å². The Balaban J connectivity index is 2.78. The number of carbonyl (C=O) groups is 1. The first-order chi connectivity index (χ1) is 8.70. The van der Waals surface area contributed by atoms with Crippen LogP contribution in [-0.2, 0) is 14.8 Å². The Morgan fingerprint density at radius 3 is 2.63 bits per heavy atom. The number of nitrogens with one attached hydrogen (secondary N) is 1. The van der Waals surface area contributed by atoms with E-state index in [0.29, 0.717) is 16.6 Å². The van der Waals surface area contributed by atoms with Gasteiger partial charge in [0, 0.05) is 10.9 Å². The van der Waals surface area contributed by atoms with Crippen LogP contribution in [0.25, 0.3) is 0 Å². The summed E-state index contributed by atoms with van der Waals surface area (Å²) in [6.07, 6.45) is -0.00121. The van der Waals surface area contributed by atoms with Crippen molar-refractivity contribution in [3.05, 3.63) is 22.7 Å². The molecule has 0 radical (unpaired) electrons. The molecule has 0 aliphatic heterocycles. The molecular weight excluding hydrogens is 336 g/mol. The van der Waals surface area contributed by atoms with Crippen molar-refractivity contribution in [1.29, 1.82) is 0 Å². The number of hydrogen-bond donors (Lipinski definition) is 3. The summed E-state index contributed by atoms with van der Waals surface area (Å²) in [5.74, 6) is -0.259. The van der Waals surface area contributed by atoms with Gasteiger partial charge in [-0.05, 0) is 47.5 Å². The van der Waals surface area contributed by atoms with Crippen LogP contribution in [0.5, 0.6) is 0 Å². The van der Waals surface area contributed by atoms with E-state index in [1.54, 1.807) is 6.92 Å². The molecule has 19 heavy (non-hydrogen) atoms. The van der Waals surface area contributed by atoms with Crippen LogP contribution in [0.3, 0.4) is 0 Å². The van der Waals surface area contributed by atoms with Crippen molar-refractivity contribution in [2.45, 2.75) is 30.8 Å². The first-order valence-corrected chi connectivity index (χ1v) is 7.84. The summed E-state index contributed by atoms with van der Waals surface area (Å²) < 4.78 is 22.7. The molecule has 1 aromatic carbocycles. The molecule has 0 bridgehead atoms. The Morgan fingerprint density at radius 2 is 2.16 bits per heavy atom. The zero-order valence-corrected chi connectivity index (χ0v) is 12.7. The third-order valence-electron chi connectivity index (χ3n) is 2.33. The highest BCUT2D eigenvalue weighted by atomic mass is 79.9. The molecule has 0 aliphatic carbocycles. The Kier molecular flexibility index (Phi) is 5.48. The molecule has 6 nitrogen and oxygen atoms in total. The van der Waals surface area contributed by atoms with E-state index < -0.39 is 16.1 Å². The van der Waals surface area contributed by atoms with Crippen molar-refractivity contribution < 1.29 is 18.3 Å². The second kappa shape index (κ2) is 6.47. The Morgan fingerprint density at radius 1 is 1.53 bits per heavy atom. The molecule has 4 N–H and O–H groups in total. The van der Waals surface area contributed by atoms with E-state index in [-0.39, 0.29) is 17.2 Å².